The fraction of sp³-hybridized carbons (Fsp3) is 0.722. The lowest BCUT2D eigenvalue weighted by Gasteiger charge is -2.46. The van der Waals surface area contributed by atoms with Crippen LogP contribution in [-0.2, 0) is 14.4 Å². The molecule has 3 N–H and O–H groups in total. The molecule has 0 saturated carbocycles. The fourth-order valence-electron chi connectivity index (χ4n) is 4.15. The molecule has 3 rings (SSSR count). The highest BCUT2D eigenvalue weighted by atomic mass is 32.2. The largest absolute Gasteiger partial charge is 0.477 e. The molecule has 0 aromatic rings. The molecular formula is C18H29N3O5S. The number of nitrogens with one attached hydrogen (secondary N) is 1. The van der Waals surface area contributed by atoms with E-state index < -0.39 is 18.0 Å². The van der Waals surface area contributed by atoms with Gasteiger partial charge in [0.15, 0.2) is 0 Å². The average molecular weight is 400 g/mol. The van der Waals surface area contributed by atoms with Gasteiger partial charge >= 0.3 is 5.97 Å². The number of hydrogen-bond acceptors (Lipinski definition) is 6. The quantitative estimate of drug-likeness (QED) is 0.571. The molecule has 8 nitrogen and oxygen atoms in total. The Morgan fingerprint density at radius 2 is 2.00 bits per heavy atom. The van der Waals surface area contributed by atoms with Crippen LogP contribution in [-0.4, -0.2) is 81.9 Å². The fourth-order valence-corrected chi connectivity index (χ4v) is 5.63. The SMILES string of the molecule is C.C[C@@H](O)[C@H]1C(=O)N2C(C(=O)O)=C(S[C@@H]3CN[C@H](C(=O)N(C)C)C3)[C@H](C)[C@H]12. The summed E-state index contributed by atoms with van der Waals surface area (Å²) in [5.74, 6) is -2.14. The third kappa shape index (κ3) is 3.48. The molecule has 0 aromatic carbocycles. The van der Waals surface area contributed by atoms with Crippen LogP contribution in [0.5, 0.6) is 0 Å². The Bertz CT molecular complexity index is 678. The van der Waals surface area contributed by atoms with Crippen molar-refractivity contribution in [2.75, 3.05) is 20.6 Å². The van der Waals surface area contributed by atoms with E-state index in [0.717, 1.165) is 0 Å². The minimum absolute atomic E-state index is 0. The summed E-state index contributed by atoms with van der Waals surface area (Å²) < 4.78 is 0. The molecule has 152 valence electrons. The van der Waals surface area contributed by atoms with Crippen LogP contribution in [0.3, 0.4) is 0 Å². The van der Waals surface area contributed by atoms with Gasteiger partial charge in [-0.3, -0.25) is 9.59 Å². The van der Waals surface area contributed by atoms with Crippen molar-refractivity contribution in [2.24, 2.45) is 11.8 Å². The molecule has 0 radical (unpaired) electrons. The monoisotopic (exact) mass is 399 g/mol. The lowest BCUT2D eigenvalue weighted by Crippen LogP contribution is -2.63. The number of amides is 2. The van der Waals surface area contributed by atoms with E-state index in [1.165, 1.54) is 16.7 Å². The number of aliphatic hydroxyl groups excluding tert-OH is 1. The summed E-state index contributed by atoms with van der Waals surface area (Å²) in [6.07, 6.45) is -0.190. The van der Waals surface area contributed by atoms with Crippen molar-refractivity contribution < 1.29 is 24.6 Å². The minimum atomic E-state index is -1.12. The van der Waals surface area contributed by atoms with Crippen LogP contribution in [0.1, 0.15) is 27.7 Å². The number of carbonyl (C=O) groups is 3. The van der Waals surface area contributed by atoms with Crippen LogP contribution >= 0.6 is 11.8 Å². The summed E-state index contributed by atoms with van der Waals surface area (Å²) in [7, 11) is 3.42. The highest BCUT2D eigenvalue weighted by Gasteiger charge is 2.60. The number of hydrogen-bond donors (Lipinski definition) is 3. The van der Waals surface area contributed by atoms with Crippen LogP contribution in [0, 0.1) is 11.8 Å². The van der Waals surface area contributed by atoms with E-state index in [1.807, 2.05) is 6.92 Å². The normalized spacial score (nSPS) is 33.3. The third-order valence-electron chi connectivity index (χ3n) is 5.43. The van der Waals surface area contributed by atoms with Crippen molar-refractivity contribution in [3.63, 3.8) is 0 Å². The molecule has 27 heavy (non-hydrogen) atoms. The van der Waals surface area contributed by atoms with Gasteiger partial charge in [0.05, 0.1) is 24.1 Å². The molecule has 3 aliphatic heterocycles. The second kappa shape index (κ2) is 7.81. The molecule has 0 spiro atoms. The maximum absolute atomic E-state index is 12.3. The number of carboxylic acid groups (broad SMARTS) is 1. The van der Waals surface area contributed by atoms with Gasteiger partial charge in [0.1, 0.15) is 5.70 Å². The van der Waals surface area contributed by atoms with Crippen molar-refractivity contribution in [2.45, 2.75) is 51.1 Å². The number of β-lactam (4-membered cyclic amide) rings is 1. The summed E-state index contributed by atoms with van der Waals surface area (Å²) in [6, 6.07) is -0.568. The molecule has 0 aliphatic carbocycles. The van der Waals surface area contributed by atoms with Gasteiger partial charge in [0.25, 0.3) is 0 Å². The first-order valence-electron chi connectivity index (χ1n) is 8.75. The molecule has 3 aliphatic rings. The maximum Gasteiger partial charge on any atom is 0.353 e. The third-order valence-corrected chi connectivity index (χ3v) is 6.95. The van der Waals surface area contributed by atoms with Crippen molar-refractivity contribution >= 4 is 29.5 Å². The number of carboxylic acids is 1. The second-order valence-electron chi connectivity index (χ2n) is 7.44. The van der Waals surface area contributed by atoms with E-state index in [0.29, 0.717) is 17.9 Å². The Hall–Kier alpha value is -1.58. The van der Waals surface area contributed by atoms with Gasteiger partial charge < -0.3 is 25.3 Å². The zero-order valence-electron chi connectivity index (χ0n) is 15.3. The van der Waals surface area contributed by atoms with Gasteiger partial charge in [-0.1, -0.05) is 14.4 Å². The molecule has 0 aromatic heterocycles. The number of likely N-dealkylation sites (N-methyl/N-ethyl adjacent to an activating group) is 1. The number of rotatable bonds is 5. The molecular weight excluding hydrogens is 370 g/mol. The number of thioether (sulfide) groups is 1. The van der Waals surface area contributed by atoms with E-state index >= 15 is 0 Å². The Balaban J connectivity index is 0.00000261. The molecule has 2 saturated heterocycles. The smallest absolute Gasteiger partial charge is 0.353 e. The van der Waals surface area contributed by atoms with Gasteiger partial charge in [-0.15, -0.1) is 11.8 Å². The van der Waals surface area contributed by atoms with E-state index in [1.54, 1.807) is 25.9 Å². The Morgan fingerprint density at radius 3 is 2.52 bits per heavy atom. The van der Waals surface area contributed by atoms with Gasteiger partial charge in [-0.05, 0) is 13.3 Å². The van der Waals surface area contributed by atoms with Crippen molar-refractivity contribution in [3.05, 3.63) is 10.6 Å². The summed E-state index contributed by atoms with van der Waals surface area (Å²) in [4.78, 5) is 39.8. The van der Waals surface area contributed by atoms with Gasteiger partial charge in [-0.2, -0.15) is 0 Å². The van der Waals surface area contributed by atoms with E-state index in [-0.39, 0.29) is 48.2 Å². The van der Waals surface area contributed by atoms with Crippen LogP contribution < -0.4 is 5.32 Å². The zero-order chi connectivity index (χ0) is 19.3. The standard InChI is InChI=1S/C17H25N3O5S.CH4/c1-7-12-11(8(2)21)16(23)20(12)13(17(24)25)14(7)26-9-5-10(18-6-9)15(22)19(3)4;/h7-12,18,21H,5-6H2,1-4H3,(H,24,25);1H4/t7-,8-,9+,10+,11-,12-;/m1./s1. The lowest BCUT2D eigenvalue weighted by molar-refractivity contribution is -0.163. The first kappa shape index (κ1) is 21.7. The van der Waals surface area contributed by atoms with Gasteiger partial charge in [0, 0.05) is 36.7 Å². The lowest BCUT2D eigenvalue weighted by atomic mass is 9.79. The van der Waals surface area contributed by atoms with Crippen LogP contribution in [0.25, 0.3) is 0 Å². The molecule has 6 atom stereocenters. The predicted octanol–water partition coefficient (Wildman–Crippen LogP) is 0.328. The van der Waals surface area contributed by atoms with Crippen molar-refractivity contribution in [1.82, 2.24) is 15.1 Å². The first-order valence-corrected chi connectivity index (χ1v) is 9.62. The second-order valence-corrected chi connectivity index (χ2v) is 8.78. The van der Waals surface area contributed by atoms with Crippen molar-refractivity contribution in [1.29, 1.82) is 0 Å². The summed E-state index contributed by atoms with van der Waals surface area (Å²) in [5, 5.41) is 22.8. The molecule has 3 heterocycles. The molecule has 2 amide bonds. The predicted molar refractivity (Wildman–Crippen MR) is 103 cm³/mol. The molecule has 0 unspecified atom stereocenters. The summed E-state index contributed by atoms with van der Waals surface area (Å²) in [5.41, 5.74) is 0.0387. The Labute approximate surface area is 164 Å². The topological polar surface area (TPSA) is 110 Å². The number of aliphatic carboxylic acids is 1. The Kier molecular flexibility index (Phi) is 6.28. The number of fused-ring (bicyclic) bond motifs is 1. The minimum Gasteiger partial charge on any atom is -0.477 e. The van der Waals surface area contributed by atoms with E-state index in [9.17, 15) is 24.6 Å². The van der Waals surface area contributed by atoms with Gasteiger partial charge in [0.2, 0.25) is 11.8 Å². The summed E-state index contributed by atoms with van der Waals surface area (Å²) >= 11 is 1.45. The van der Waals surface area contributed by atoms with E-state index in [2.05, 4.69) is 5.32 Å². The van der Waals surface area contributed by atoms with Crippen molar-refractivity contribution in [3.8, 4) is 0 Å². The number of aliphatic hydroxyl groups is 1. The highest BCUT2D eigenvalue weighted by molar-refractivity contribution is 8.03. The van der Waals surface area contributed by atoms with Gasteiger partial charge in [-0.25, -0.2) is 4.79 Å². The zero-order valence-corrected chi connectivity index (χ0v) is 16.1. The molecule has 2 fully saturated rings. The Morgan fingerprint density at radius 1 is 1.37 bits per heavy atom. The van der Waals surface area contributed by atoms with E-state index in [4.69, 9.17) is 0 Å². The molecule has 9 heteroatoms. The van der Waals surface area contributed by atoms with Crippen LogP contribution in [0.2, 0.25) is 0 Å². The van der Waals surface area contributed by atoms with Crippen LogP contribution in [0.15, 0.2) is 10.6 Å². The highest BCUT2D eigenvalue weighted by Crippen LogP contribution is 2.51. The maximum atomic E-state index is 12.3. The number of carbonyl (C=O) groups excluding carboxylic acids is 2. The summed E-state index contributed by atoms with van der Waals surface area (Å²) in [6.45, 7) is 4.08. The number of nitrogens with zero attached hydrogens (tertiary/aromatic N) is 2. The molecule has 0 bridgehead atoms. The first-order chi connectivity index (χ1) is 12.1. The average Bonchev–Trinajstić information content (AvgIpc) is 3.09. The van der Waals surface area contributed by atoms with Crippen LogP contribution in [0.4, 0.5) is 0 Å².